The Bertz CT molecular complexity index is 952. The number of nitrogens with one attached hydrogen (secondary N) is 1. The van der Waals surface area contributed by atoms with E-state index in [4.69, 9.17) is 10.8 Å². The van der Waals surface area contributed by atoms with E-state index < -0.39 is 24.2 Å². The molecule has 0 radical (unpaired) electrons. The smallest absolute Gasteiger partial charge is 0.246 e. The first-order chi connectivity index (χ1) is 14.4. The highest BCUT2D eigenvalue weighted by atomic mass is 16.3. The Morgan fingerprint density at radius 1 is 0.967 bits per heavy atom. The van der Waals surface area contributed by atoms with E-state index in [-0.39, 0.29) is 0 Å². The van der Waals surface area contributed by atoms with E-state index in [0.717, 1.165) is 12.0 Å². The van der Waals surface area contributed by atoms with Crippen LogP contribution in [0.3, 0.4) is 0 Å². The normalized spacial score (nSPS) is 14.0. The van der Waals surface area contributed by atoms with E-state index >= 15 is 0 Å². The van der Waals surface area contributed by atoms with Gasteiger partial charge in [0.25, 0.3) is 0 Å². The second kappa shape index (κ2) is 9.67. The van der Waals surface area contributed by atoms with Crippen LogP contribution < -0.4 is 11.1 Å². The van der Waals surface area contributed by atoms with Crippen molar-refractivity contribution in [3.8, 4) is 11.1 Å². The van der Waals surface area contributed by atoms with E-state index in [9.17, 15) is 9.90 Å². The number of nitrogens with two attached hydrogens (primary N) is 1. The summed E-state index contributed by atoms with van der Waals surface area (Å²) in [7, 11) is 0. The molecule has 0 aliphatic heterocycles. The Labute approximate surface area is 177 Å². The zero-order valence-electron chi connectivity index (χ0n) is 17.1. The molecular formula is C25H28N2O3. The SMILES string of the molecule is C[C@](N)(CO)C(=O)Nc1ccc(C(O)CCc2ccc(-c3ccccc3)cc2)cc1. The van der Waals surface area contributed by atoms with Gasteiger partial charge in [-0.15, -0.1) is 0 Å². The van der Waals surface area contributed by atoms with Gasteiger partial charge in [-0.25, -0.2) is 0 Å². The lowest BCUT2D eigenvalue weighted by Gasteiger charge is -2.20. The van der Waals surface area contributed by atoms with Crippen LogP contribution >= 0.6 is 0 Å². The van der Waals surface area contributed by atoms with E-state index in [2.05, 4.69) is 41.7 Å². The molecule has 0 saturated carbocycles. The van der Waals surface area contributed by atoms with Crippen molar-refractivity contribution in [2.24, 2.45) is 5.73 Å². The Hall–Kier alpha value is -2.99. The molecule has 1 amide bonds. The van der Waals surface area contributed by atoms with E-state index in [1.54, 1.807) is 24.3 Å². The van der Waals surface area contributed by atoms with Crippen molar-refractivity contribution in [3.63, 3.8) is 0 Å². The van der Waals surface area contributed by atoms with Gasteiger partial charge in [0.15, 0.2) is 0 Å². The van der Waals surface area contributed by atoms with Crippen LogP contribution in [0.5, 0.6) is 0 Å². The fourth-order valence-electron chi connectivity index (χ4n) is 3.10. The van der Waals surface area contributed by atoms with Crippen LogP contribution in [-0.2, 0) is 11.2 Å². The number of hydrogen-bond donors (Lipinski definition) is 4. The maximum atomic E-state index is 12.0. The minimum Gasteiger partial charge on any atom is -0.394 e. The summed E-state index contributed by atoms with van der Waals surface area (Å²) in [6.45, 7) is 1.02. The summed E-state index contributed by atoms with van der Waals surface area (Å²) in [6.07, 6.45) is 0.763. The molecular weight excluding hydrogens is 376 g/mol. The summed E-state index contributed by atoms with van der Waals surface area (Å²) in [5, 5.41) is 22.4. The maximum absolute atomic E-state index is 12.0. The first kappa shape index (κ1) is 21.7. The summed E-state index contributed by atoms with van der Waals surface area (Å²) in [6, 6.07) is 25.6. The molecule has 5 nitrogen and oxygen atoms in total. The Morgan fingerprint density at radius 2 is 1.57 bits per heavy atom. The van der Waals surface area contributed by atoms with Gasteiger partial charge in [-0.2, -0.15) is 0 Å². The van der Waals surface area contributed by atoms with Gasteiger partial charge in [-0.1, -0.05) is 66.7 Å². The number of aliphatic hydroxyl groups excluding tert-OH is 2. The molecule has 3 aromatic carbocycles. The molecule has 0 aliphatic rings. The monoisotopic (exact) mass is 404 g/mol. The van der Waals surface area contributed by atoms with Crippen LogP contribution in [0.4, 0.5) is 5.69 Å². The number of carbonyl (C=O) groups is 1. The Kier molecular flexibility index (Phi) is 7.00. The second-order valence-corrected chi connectivity index (χ2v) is 7.77. The summed E-state index contributed by atoms with van der Waals surface area (Å²) in [5.74, 6) is -0.461. The van der Waals surface area contributed by atoms with Crippen LogP contribution in [0.25, 0.3) is 11.1 Å². The largest absolute Gasteiger partial charge is 0.394 e. The minimum absolute atomic E-state index is 0.443. The zero-order chi connectivity index (χ0) is 21.6. The van der Waals surface area contributed by atoms with Gasteiger partial charge in [0.05, 0.1) is 12.7 Å². The van der Waals surface area contributed by atoms with Crippen LogP contribution in [0.1, 0.15) is 30.6 Å². The van der Waals surface area contributed by atoms with Crippen molar-refractivity contribution >= 4 is 11.6 Å². The third kappa shape index (κ3) is 5.54. The topological polar surface area (TPSA) is 95.6 Å². The number of rotatable bonds is 8. The number of carbonyl (C=O) groups excluding carboxylic acids is 1. The quantitative estimate of drug-likeness (QED) is 0.461. The summed E-state index contributed by atoms with van der Waals surface area (Å²) in [5.41, 5.74) is 9.26. The van der Waals surface area contributed by atoms with Crippen molar-refractivity contribution < 1.29 is 15.0 Å². The van der Waals surface area contributed by atoms with Crippen molar-refractivity contribution in [1.29, 1.82) is 0 Å². The Balaban J connectivity index is 1.55. The Morgan fingerprint density at radius 3 is 2.17 bits per heavy atom. The van der Waals surface area contributed by atoms with Gasteiger partial charge in [-0.3, -0.25) is 4.79 Å². The zero-order valence-corrected chi connectivity index (χ0v) is 17.1. The predicted octanol–water partition coefficient (Wildman–Crippen LogP) is 3.67. The average Bonchev–Trinajstić information content (AvgIpc) is 2.79. The summed E-state index contributed by atoms with van der Waals surface area (Å²) >= 11 is 0. The third-order valence-corrected chi connectivity index (χ3v) is 5.17. The molecule has 0 heterocycles. The van der Waals surface area contributed by atoms with Gasteiger partial charge < -0.3 is 21.3 Å². The highest BCUT2D eigenvalue weighted by molar-refractivity contribution is 5.97. The lowest BCUT2D eigenvalue weighted by molar-refractivity contribution is -0.121. The number of hydrogen-bond acceptors (Lipinski definition) is 4. The number of benzene rings is 3. The van der Waals surface area contributed by atoms with E-state index in [1.165, 1.54) is 23.6 Å². The molecule has 0 fully saturated rings. The number of aliphatic hydroxyl groups is 2. The molecule has 156 valence electrons. The first-order valence-corrected chi connectivity index (χ1v) is 10.0. The van der Waals surface area contributed by atoms with E-state index in [0.29, 0.717) is 12.1 Å². The summed E-state index contributed by atoms with van der Waals surface area (Å²) < 4.78 is 0. The van der Waals surface area contributed by atoms with Crippen LogP contribution in [-0.4, -0.2) is 28.3 Å². The highest BCUT2D eigenvalue weighted by Gasteiger charge is 2.27. The molecule has 3 rings (SSSR count). The summed E-state index contributed by atoms with van der Waals surface area (Å²) in [4.78, 5) is 12.0. The first-order valence-electron chi connectivity index (χ1n) is 10.0. The molecule has 2 atom stereocenters. The minimum atomic E-state index is -1.34. The van der Waals surface area contributed by atoms with Gasteiger partial charge in [0.2, 0.25) is 5.91 Å². The number of aryl methyl sites for hydroxylation is 1. The molecule has 5 N–H and O–H groups in total. The van der Waals surface area contributed by atoms with Gasteiger partial charge >= 0.3 is 0 Å². The van der Waals surface area contributed by atoms with Crippen LogP contribution in [0, 0.1) is 0 Å². The highest BCUT2D eigenvalue weighted by Crippen LogP contribution is 2.23. The fourth-order valence-corrected chi connectivity index (χ4v) is 3.10. The molecule has 1 unspecified atom stereocenters. The van der Waals surface area contributed by atoms with E-state index in [1.807, 2.05) is 18.2 Å². The van der Waals surface area contributed by atoms with Gasteiger partial charge in [-0.05, 0) is 54.2 Å². The van der Waals surface area contributed by atoms with Crippen molar-refractivity contribution in [2.75, 3.05) is 11.9 Å². The average molecular weight is 405 g/mol. The molecule has 0 saturated heterocycles. The number of anilines is 1. The van der Waals surface area contributed by atoms with Crippen molar-refractivity contribution in [3.05, 3.63) is 90.0 Å². The molecule has 0 aliphatic carbocycles. The molecule has 0 spiro atoms. The van der Waals surface area contributed by atoms with Crippen molar-refractivity contribution in [1.82, 2.24) is 0 Å². The predicted molar refractivity (Wildman–Crippen MR) is 120 cm³/mol. The lowest BCUT2D eigenvalue weighted by Crippen LogP contribution is -2.51. The lowest BCUT2D eigenvalue weighted by atomic mass is 9.99. The standard InChI is InChI=1S/C25H28N2O3/c1-25(26,17-28)24(30)27-22-14-12-21(13-15-22)23(29)16-9-18-7-10-20(11-8-18)19-5-3-2-4-6-19/h2-8,10-15,23,28-29H,9,16-17,26H2,1H3,(H,27,30)/t23?,25-/m0/s1. The fraction of sp³-hybridized carbons (Fsp3) is 0.240. The molecule has 30 heavy (non-hydrogen) atoms. The molecule has 5 heteroatoms. The molecule has 3 aromatic rings. The third-order valence-electron chi connectivity index (χ3n) is 5.17. The second-order valence-electron chi connectivity index (χ2n) is 7.77. The molecule has 0 aromatic heterocycles. The molecule has 0 bridgehead atoms. The van der Waals surface area contributed by atoms with Crippen LogP contribution in [0.15, 0.2) is 78.9 Å². The van der Waals surface area contributed by atoms with Gasteiger partial charge in [0.1, 0.15) is 5.54 Å². The number of amides is 1. The maximum Gasteiger partial charge on any atom is 0.246 e. The van der Waals surface area contributed by atoms with Crippen LogP contribution in [0.2, 0.25) is 0 Å². The van der Waals surface area contributed by atoms with Gasteiger partial charge in [0, 0.05) is 5.69 Å². The van der Waals surface area contributed by atoms with Crippen molar-refractivity contribution in [2.45, 2.75) is 31.4 Å².